The molecule has 5 nitrogen and oxygen atoms in total. The lowest BCUT2D eigenvalue weighted by atomic mass is 9.78. The van der Waals surface area contributed by atoms with Crippen molar-refractivity contribution in [3.05, 3.63) is 0 Å². The number of carboxylic acids is 1. The van der Waals surface area contributed by atoms with Crippen LogP contribution in [0.15, 0.2) is 0 Å². The molecule has 2 bridgehead atoms. The lowest BCUT2D eigenvalue weighted by molar-refractivity contribution is -0.148. The van der Waals surface area contributed by atoms with E-state index in [1.807, 2.05) is 0 Å². The number of hydrogen-bond acceptors (Lipinski definition) is 3. The molecule has 0 aromatic carbocycles. The van der Waals surface area contributed by atoms with Gasteiger partial charge in [0, 0.05) is 6.04 Å². The predicted molar refractivity (Wildman–Crippen MR) is 72.1 cm³/mol. The summed E-state index contributed by atoms with van der Waals surface area (Å²) in [4.78, 5) is 23.9. The molecular weight excluding hydrogens is 258 g/mol. The van der Waals surface area contributed by atoms with Crippen molar-refractivity contribution in [2.45, 2.75) is 63.7 Å². The van der Waals surface area contributed by atoms with Gasteiger partial charge in [-0.15, -0.1) is 0 Å². The SMILES string of the molecule is C[C@@H]1CCCC[C@@H]1NC(=O)[C@H]1[C@H](C(=O)O)[C@H]2CC[C@H]1O2. The van der Waals surface area contributed by atoms with Crippen LogP contribution in [0.3, 0.4) is 0 Å². The number of hydrogen-bond donors (Lipinski definition) is 2. The first-order chi connectivity index (χ1) is 9.58. The molecule has 6 atom stereocenters. The van der Waals surface area contributed by atoms with E-state index in [9.17, 15) is 14.7 Å². The molecule has 20 heavy (non-hydrogen) atoms. The van der Waals surface area contributed by atoms with Crippen LogP contribution in [0.2, 0.25) is 0 Å². The van der Waals surface area contributed by atoms with Crippen molar-refractivity contribution in [3.8, 4) is 0 Å². The molecule has 1 amide bonds. The van der Waals surface area contributed by atoms with Gasteiger partial charge >= 0.3 is 5.97 Å². The zero-order chi connectivity index (χ0) is 14.3. The van der Waals surface area contributed by atoms with Gasteiger partial charge in [0.15, 0.2) is 0 Å². The topological polar surface area (TPSA) is 75.6 Å². The average molecular weight is 281 g/mol. The molecule has 5 heteroatoms. The zero-order valence-electron chi connectivity index (χ0n) is 11.9. The van der Waals surface area contributed by atoms with E-state index < -0.39 is 17.8 Å². The number of amides is 1. The van der Waals surface area contributed by atoms with Crippen LogP contribution >= 0.6 is 0 Å². The largest absolute Gasteiger partial charge is 0.481 e. The van der Waals surface area contributed by atoms with Gasteiger partial charge in [0.25, 0.3) is 0 Å². The summed E-state index contributed by atoms with van der Waals surface area (Å²) >= 11 is 0. The van der Waals surface area contributed by atoms with E-state index in [-0.39, 0.29) is 24.2 Å². The number of rotatable bonds is 3. The van der Waals surface area contributed by atoms with Gasteiger partial charge in [-0.05, 0) is 31.6 Å². The monoisotopic (exact) mass is 281 g/mol. The summed E-state index contributed by atoms with van der Waals surface area (Å²) in [6.07, 6.45) is 5.63. The Morgan fingerprint density at radius 1 is 1.05 bits per heavy atom. The van der Waals surface area contributed by atoms with E-state index in [0.717, 1.165) is 32.1 Å². The Balaban J connectivity index is 1.68. The third kappa shape index (κ3) is 2.32. The minimum atomic E-state index is -0.894. The molecule has 0 radical (unpaired) electrons. The second-order valence-corrected chi connectivity index (χ2v) is 6.56. The predicted octanol–water partition coefficient (Wildman–Crippen LogP) is 1.56. The Morgan fingerprint density at radius 2 is 1.70 bits per heavy atom. The van der Waals surface area contributed by atoms with Gasteiger partial charge in [0.1, 0.15) is 0 Å². The number of carbonyl (C=O) groups excluding carboxylic acids is 1. The molecule has 3 rings (SSSR count). The van der Waals surface area contributed by atoms with Gasteiger partial charge in [0.05, 0.1) is 24.0 Å². The van der Waals surface area contributed by atoms with Gasteiger partial charge < -0.3 is 15.2 Å². The minimum Gasteiger partial charge on any atom is -0.481 e. The summed E-state index contributed by atoms with van der Waals surface area (Å²) in [5.74, 6) is -1.68. The van der Waals surface area contributed by atoms with E-state index in [0.29, 0.717) is 5.92 Å². The van der Waals surface area contributed by atoms with Gasteiger partial charge in [0.2, 0.25) is 5.91 Å². The third-order valence-electron chi connectivity index (χ3n) is 5.30. The molecule has 2 aliphatic heterocycles. The number of carboxylic acid groups (broad SMARTS) is 1. The fraction of sp³-hybridized carbons (Fsp3) is 0.867. The molecular formula is C15H23NO4. The van der Waals surface area contributed by atoms with Crippen molar-refractivity contribution in [2.24, 2.45) is 17.8 Å². The quantitative estimate of drug-likeness (QED) is 0.823. The third-order valence-corrected chi connectivity index (χ3v) is 5.30. The number of nitrogens with one attached hydrogen (secondary N) is 1. The lowest BCUT2D eigenvalue weighted by Gasteiger charge is -2.32. The Morgan fingerprint density at radius 3 is 2.35 bits per heavy atom. The van der Waals surface area contributed by atoms with Crippen LogP contribution in [-0.2, 0) is 14.3 Å². The molecule has 2 N–H and O–H groups in total. The van der Waals surface area contributed by atoms with Crippen molar-refractivity contribution in [2.75, 3.05) is 0 Å². The van der Waals surface area contributed by atoms with Crippen molar-refractivity contribution in [3.63, 3.8) is 0 Å². The summed E-state index contributed by atoms with van der Waals surface area (Å²) in [7, 11) is 0. The molecule has 2 saturated heterocycles. The Hall–Kier alpha value is -1.10. The maximum atomic E-state index is 12.5. The van der Waals surface area contributed by atoms with E-state index in [2.05, 4.69) is 12.2 Å². The Labute approximate surface area is 119 Å². The highest BCUT2D eigenvalue weighted by Gasteiger charge is 2.55. The highest BCUT2D eigenvalue weighted by Crippen LogP contribution is 2.43. The van der Waals surface area contributed by atoms with Crippen molar-refractivity contribution in [1.29, 1.82) is 0 Å². The maximum absolute atomic E-state index is 12.5. The highest BCUT2D eigenvalue weighted by molar-refractivity contribution is 5.86. The first-order valence-corrected chi connectivity index (χ1v) is 7.76. The summed E-state index contributed by atoms with van der Waals surface area (Å²) < 4.78 is 5.65. The summed E-state index contributed by atoms with van der Waals surface area (Å²) in [6.45, 7) is 2.16. The fourth-order valence-electron chi connectivity index (χ4n) is 4.13. The smallest absolute Gasteiger partial charge is 0.310 e. The number of fused-ring (bicyclic) bond motifs is 2. The summed E-state index contributed by atoms with van der Waals surface area (Å²) in [5.41, 5.74) is 0. The number of aliphatic carboxylic acids is 1. The maximum Gasteiger partial charge on any atom is 0.310 e. The number of carbonyl (C=O) groups is 2. The van der Waals surface area contributed by atoms with E-state index in [1.165, 1.54) is 6.42 Å². The molecule has 0 spiro atoms. The minimum absolute atomic E-state index is 0.108. The van der Waals surface area contributed by atoms with Crippen LogP contribution in [0.5, 0.6) is 0 Å². The fourth-order valence-corrected chi connectivity index (χ4v) is 4.13. The van der Waals surface area contributed by atoms with Crippen LogP contribution in [-0.4, -0.2) is 35.2 Å². The molecule has 0 unspecified atom stereocenters. The molecule has 0 aromatic rings. The standard InChI is InChI=1S/C15H23NO4/c1-8-4-2-3-5-9(8)16-14(17)12-10-6-7-11(20-10)13(12)15(18)19/h8-13H,2-7H2,1H3,(H,16,17)(H,18,19)/t8-,9+,10-,11-,12-,13-/m1/s1. The van der Waals surface area contributed by atoms with Gasteiger partial charge in [-0.3, -0.25) is 9.59 Å². The van der Waals surface area contributed by atoms with Crippen LogP contribution in [0.25, 0.3) is 0 Å². The highest BCUT2D eigenvalue weighted by atomic mass is 16.5. The zero-order valence-corrected chi connectivity index (χ0v) is 11.9. The van der Waals surface area contributed by atoms with Gasteiger partial charge in [-0.1, -0.05) is 19.8 Å². The first-order valence-electron chi connectivity index (χ1n) is 7.76. The van der Waals surface area contributed by atoms with E-state index in [1.54, 1.807) is 0 Å². The van der Waals surface area contributed by atoms with Crippen molar-refractivity contribution < 1.29 is 19.4 Å². The second kappa shape index (κ2) is 5.35. The molecule has 1 saturated carbocycles. The van der Waals surface area contributed by atoms with Crippen molar-refractivity contribution >= 4 is 11.9 Å². The number of ether oxygens (including phenoxy) is 1. The molecule has 3 aliphatic rings. The van der Waals surface area contributed by atoms with Crippen LogP contribution in [0.1, 0.15) is 45.4 Å². The Bertz CT molecular complexity index is 411. The Kier molecular flexibility index (Phi) is 3.71. The van der Waals surface area contributed by atoms with Gasteiger partial charge in [-0.2, -0.15) is 0 Å². The van der Waals surface area contributed by atoms with Gasteiger partial charge in [-0.25, -0.2) is 0 Å². The van der Waals surface area contributed by atoms with Crippen LogP contribution < -0.4 is 5.32 Å². The first kappa shape index (κ1) is 13.9. The average Bonchev–Trinajstić information content (AvgIpc) is 3.01. The lowest BCUT2D eigenvalue weighted by Crippen LogP contribution is -2.49. The molecule has 112 valence electrons. The second-order valence-electron chi connectivity index (χ2n) is 6.56. The van der Waals surface area contributed by atoms with Crippen LogP contribution in [0.4, 0.5) is 0 Å². The molecule has 0 aromatic heterocycles. The molecule has 3 fully saturated rings. The summed E-state index contributed by atoms with van der Waals surface area (Å²) in [5, 5.41) is 12.5. The van der Waals surface area contributed by atoms with E-state index in [4.69, 9.17) is 4.74 Å². The van der Waals surface area contributed by atoms with E-state index >= 15 is 0 Å². The van der Waals surface area contributed by atoms with Crippen molar-refractivity contribution in [1.82, 2.24) is 5.32 Å². The normalized spacial score (nSPS) is 43.5. The van der Waals surface area contributed by atoms with Crippen LogP contribution in [0, 0.1) is 17.8 Å². The molecule has 2 heterocycles. The summed E-state index contributed by atoms with van der Waals surface area (Å²) in [6, 6.07) is 0.199. The molecule has 1 aliphatic carbocycles.